The number of carboxylic acid groups (broad SMARTS) is 1. The van der Waals surface area contributed by atoms with E-state index < -0.39 is 21.7 Å². The summed E-state index contributed by atoms with van der Waals surface area (Å²) in [4.78, 5) is 30.7. The van der Waals surface area contributed by atoms with Crippen molar-refractivity contribution in [2.45, 2.75) is 38.1 Å². The molecule has 5 fully saturated rings. The third-order valence-corrected chi connectivity index (χ3v) is 12.1. The zero-order chi connectivity index (χ0) is 29.9. The van der Waals surface area contributed by atoms with Gasteiger partial charge in [0.2, 0.25) is 10.0 Å². The number of carbonyl (C=O) groups is 2. The van der Waals surface area contributed by atoms with Gasteiger partial charge in [-0.2, -0.15) is 4.31 Å². The highest BCUT2D eigenvalue weighted by Gasteiger charge is 2.52. The molecule has 2 heterocycles. The molecule has 0 spiro atoms. The molecule has 4 aliphatic carbocycles. The summed E-state index contributed by atoms with van der Waals surface area (Å²) in [6, 6.07) is 15.5. The number of carbonyl (C=O) groups excluding carboxylic acids is 1. The fraction of sp³-hybridized carbons (Fsp3) is 0.548. The number of hydroxylamine groups is 2. The number of sulfonamides is 1. The van der Waals surface area contributed by atoms with E-state index in [0.29, 0.717) is 38.0 Å². The maximum atomic E-state index is 13.8. The van der Waals surface area contributed by atoms with Crippen LogP contribution < -0.4 is 14.7 Å². The topological polar surface area (TPSA) is 125 Å². The minimum Gasteiger partial charge on any atom is -0.480 e. The largest absolute Gasteiger partial charge is 0.480 e. The normalized spacial score (nSPS) is 28.6. The summed E-state index contributed by atoms with van der Waals surface area (Å²) in [6.45, 7) is 2.47. The van der Waals surface area contributed by atoms with Gasteiger partial charge in [0.25, 0.3) is 0 Å². The number of carboxylic acids is 1. The molecule has 11 nitrogen and oxygen atoms in total. The molecule has 2 aromatic carbocycles. The van der Waals surface area contributed by atoms with Gasteiger partial charge in [0, 0.05) is 50.6 Å². The average Bonchev–Trinajstić information content (AvgIpc) is 2.99. The van der Waals surface area contributed by atoms with E-state index in [1.165, 1.54) is 10.7 Å². The molecular formula is C31H39N5O6S. The second-order valence-corrected chi connectivity index (χ2v) is 14.9. The molecular weight excluding hydrogens is 570 g/mol. The number of anilines is 4. The van der Waals surface area contributed by atoms with Gasteiger partial charge in [0.15, 0.2) is 5.75 Å². The standard InChI is InChI=1S/C31H39N5O6S/c37-29(38)20-43(41,42)33-11-9-32(10-12-33)25-5-7-26(8-6-25)34-13-14-35(28-4-2-1-3-27(28)34)31(39)36(40)30-23-16-21-15-22(18-23)19-24(30)17-21/h1-8,21-24,30,40H,9-20H2,(H,37,38). The van der Waals surface area contributed by atoms with Crippen molar-refractivity contribution in [3.63, 3.8) is 0 Å². The Balaban J connectivity index is 1.04. The fourth-order valence-corrected chi connectivity index (χ4v) is 9.90. The van der Waals surface area contributed by atoms with Crippen molar-refractivity contribution in [3.8, 4) is 0 Å². The van der Waals surface area contributed by atoms with Crippen LogP contribution in [-0.2, 0) is 14.8 Å². The number of hydrogen-bond donors (Lipinski definition) is 2. The summed E-state index contributed by atoms with van der Waals surface area (Å²) in [5.41, 5.74) is 3.63. The molecule has 2 N–H and O–H groups in total. The molecule has 2 aliphatic heterocycles. The number of urea groups is 1. The van der Waals surface area contributed by atoms with Crippen LogP contribution in [0.25, 0.3) is 0 Å². The highest BCUT2D eigenvalue weighted by molar-refractivity contribution is 7.89. The van der Waals surface area contributed by atoms with Gasteiger partial charge in [0.1, 0.15) is 0 Å². The highest BCUT2D eigenvalue weighted by atomic mass is 32.2. The summed E-state index contributed by atoms with van der Waals surface area (Å²) in [5, 5.41) is 21.3. The molecule has 4 saturated carbocycles. The van der Waals surface area contributed by atoms with E-state index in [1.54, 1.807) is 4.90 Å². The molecule has 43 heavy (non-hydrogen) atoms. The van der Waals surface area contributed by atoms with Crippen LogP contribution in [-0.4, -0.2) is 91.2 Å². The molecule has 4 bridgehead atoms. The third kappa shape index (κ3) is 5.23. The molecule has 0 aromatic heterocycles. The van der Waals surface area contributed by atoms with Gasteiger partial charge in [0.05, 0.1) is 17.4 Å². The van der Waals surface area contributed by atoms with Crippen LogP contribution in [0, 0.1) is 23.7 Å². The minimum atomic E-state index is -3.81. The lowest BCUT2D eigenvalue weighted by molar-refractivity contribution is -0.160. The number of piperazine rings is 1. The second kappa shape index (κ2) is 11.0. The predicted molar refractivity (Wildman–Crippen MR) is 162 cm³/mol. The first kappa shape index (κ1) is 28.4. The molecule has 6 aliphatic rings. The molecule has 0 radical (unpaired) electrons. The van der Waals surface area contributed by atoms with E-state index in [-0.39, 0.29) is 25.2 Å². The van der Waals surface area contributed by atoms with Crippen LogP contribution in [0.3, 0.4) is 0 Å². The fourth-order valence-electron chi connectivity index (χ4n) is 8.69. The van der Waals surface area contributed by atoms with Crippen molar-refractivity contribution in [1.82, 2.24) is 9.37 Å². The number of aliphatic carboxylic acids is 1. The molecule has 2 aromatic rings. The lowest BCUT2D eigenvalue weighted by Crippen LogP contribution is -2.59. The Morgan fingerprint density at radius 2 is 1.35 bits per heavy atom. The van der Waals surface area contributed by atoms with Crippen LogP contribution in [0.5, 0.6) is 0 Å². The van der Waals surface area contributed by atoms with Crippen molar-refractivity contribution in [1.29, 1.82) is 0 Å². The molecule has 8 rings (SSSR count). The van der Waals surface area contributed by atoms with E-state index in [4.69, 9.17) is 5.11 Å². The smallest absolute Gasteiger partial charge is 0.348 e. The summed E-state index contributed by atoms with van der Waals surface area (Å²) in [6.07, 6.45) is 5.83. The third-order valence-electron chi connectivity index (χ3n) is 10.4. The van der Waals surface area contributed by atoms with Gasteiger partial charge in [-0.3, -0.25) is 14.9 Å². The maximum Gasteiger partial charge on any atom is 0.348 e. The Kier molecular flexibility index (Phi) is 7.26. The van der Waals surface area contributed by atoms with E-state index in [1.807, 2.05) is 48.5 Å². The number of benzene rings is 2. The Labute approximate surface area is 252 Å². The summed E-state index contributed by atoms with van der Waals surface area (Å²) in [5.74, 6) is 0.0989. The molecule has 230 valence electrons. The quantitative estimate of drug-likeness (QED) is 0.374. The Hall–Kier alpha value is -3.35. The van der Waals surface area contributed by atoms with Gasteiger partial charge in [-0.1, -0.05) is 12.1 Å². The maximum absolute atomic E-state index is 13.8. The average molecular weight is 610 g/mol. The summed E-state index contributed by atoms with van der Waals surface area (Å²) in [7, 11) is -3.81. The number of nitrogens with zero attached hydrogens (tertiary/aromatic N) is 5. The number of para-hydroxylation sites is 2. The highest BCUT2D eigenvalue weighted by Crippen LogP contribution is 2.55. The van der Waals surface area contributed by atoms with E-state index in [9.17, 15) is 23.2 Å². The molecule has 0 unspecified atom stereocenters. The van der Waals surface area contributed by atoms with Crippen LogP contribution in [0.1, 0.15) is 32.1 Å². The molecule has 0 atom stereocenters. The van der Waals surface area contributed by atoms with Crippen LogP contribution in [0.2, 0.25) is 0 Å². The minimum absolute atomic E-state index is 0.0859. The molecule has 1 saturated heterocycles. The number of rotatable bonds is 6. The number of amides is 2. The van der Waals surface area contributed by atoms with E-state index in [2.05, 4.69) is 9.80 Å². The zero-order valence-corrected chi connectivity index (χ0v) is 25.0. The van der Waals surface area contributed by atoms with Crippen LogP contribution >= 0.6 is 0 Å². The first-order chi connectivity index (χ1) is 20.7. The van der Waals surface area contributed by atoms with Gasteiger partial charge >= 0.3 is 12.0 Å². The van der Waals surface area contributed by atoms with Gasteiger partial charge in [-0.15, -0.1) is 0 Å². The predicted octanol–water partition coefficient (Wildman–Crippen LogP) is 3.82. The number of hydrogen-bond acceptors (Lipinski definition) is 7. The van der Waals surface area contributed by atoms with Gasteiger partial charge < -0.3 is 14.9 Å². The van der Waals surface area contributed by atoms with Crippen molar-refractivity contribution in [2.75, 3.05) is 59.7 Å². The van der Waals surface area contributed by atoms with E-state index >= 15 is 0 Å². The monoisotopic (exact) mass is 609 g/mol. The molecule has 2 amide bonds. The van der Waals surface area contributed by atoms with Crippen molar-refractivity contribution in [3.05, 3.63) is 48.5 Å². The number of fused-ring (bicyclic) bond motifs is 1. The lowest BCUT2D eigenvalue weighted by atomic mass is 9.54. The van der Waals surface area contributed by atoms with Crippen LogP contribution in [0.15, 0.2) is 48.5 Å². The summed E-state index contributed by atoms with van der Waals surface area (Å²) < 4.78 is 25.8. The Morgan fingerprint density at radius 3 is 1.95 bits per heavy atom. The first-order valence-corrected chi connectivity index (χ1v) is 17.0. The SMILES string of the molecule is O=C(O)CS(=O)(=O)N1CCN(c2ccc(N3CCN(C(=O)N(O)C4C5CC6CC(C5)CC4C6)c4ccccc43)cc2)CC1. The Morgan fingerprint density at radius 1 is 0.767 bits per heavy atom. The van der Waals surface area contributed by atoms with Gasteiger partial charge in [-0.25, -0.2) is 18.3 Å². The van der Waals surface area contributed by atoms with Crippen molar-refractivity contribution < 1.29 is 28.3 Å². The Bertz CT molecular complexity index is 1460. The first-order valence-electron chi connectivity index (χ1n) is 15.4. The van der Waals surface area contributed by atoms with Crippen LogP contribution in [0.4, 0.5) is 27.5 Å². The van der Waals surface area contributed by atoms with Crippen molar-refractivity contribution >= 4 is 44.8 Å². The van der Waals surface area contributed by atoms with Crippen molar-refractivity contribution in [2.24, 2.45) is 23.7 Å². The summed E-state index contributed by atoms with van der Waals surface area (Å²) >= 11 is 0. The van der Waals surface area contributed by atoms with Gasteiger partial charge in [-0.05, 0) is 92.2 Å². The second-order valence-electron chi connectivity index (χ2n) is 12.9. The zero-order valence-electron chi connectivity index (χ0n) is 24.2. The molecule has 12 heteroatoms. The lowest BCUT2D eigenvalue weighted by Gasteiger charge is -2.56. The van der Waals surface area contributed by atoms with E-state index in [0.717, 1.165) is 65.3 Å².